The van der Waals surface area contributed by atoms with Crippen LogP contribution in [0, 0.1) is 5.92 Å². The van der Waals surface area contributed by atoms with Crippen LogP contribution >= 0.6 is 0 Å². The van der Waals surface area contributed by atoms with Crippen LogP contribution in [0.4, 0.5) is 0 Å². The summed E-state index contributed by atoms with van der Waals surface area (Å²) in [6.45, 7) is 4.85. The van der Waals surface area contributed by atoms with Gasteiger partial charge in [0.2, 0.25) is 15.9 Å². The molecule has 1 amide bonds. The number of hydrogen-bond donors (Lipinski definition) is 2. The summed E-state index contributed by atoms with van der Waals surface area (Å²) in [5, 5.41) is 2.84. The molecule has 32 heavy (non-hydrogen) atoms. The van der Waals surface area contributed by atoms with Crippen LogP contribution in [0.25, 0.3) is 0 Å². The number of hydrogen-bond acceptors (Lipinski definition) is 6. The molecule has 2 aromatic carbocycles. The van der Waals surface area contributed by atoms with Crippen molar-refractivity contribution in [2.24, 2.45) is 5.92 Å². The molecule has 2 heterocycles. The van der Waals surface area contributed by atoms with Crippen LogP contribution in [0.3, 0.4) is 0 Å². The third-order valence-electron chi connectivity index (χ3n) is 5.48. The maximum atomic E-state index is 13.0. The number of amides is 1. The first-order valence-electron chi connectivity index (χ1n) is 10.8. The van der Waals surface area contributed by atoms with Gasteiger partial charge in [0, 0.05) is 18.9 Å². The van der Waals surface area contributed by atoms with Crippen molar-refractivity contribution in [2.45, 2.75) is 43.7 Å². The normalized spacial score (nSPS) is 18.4. The van der Waals surface area contributed by atoms with E-state index in [4.69, 9.17) is 14.2 Å². The molecule has 172 valence electrons. The molecule has 0 saturated carbocycles. The van der Waals surface area contributed by atoms with Crippen LogP contribution in [-0.2, 0) is 21.2 Å². The summed E-state index contributed by atoms with van der Waals surface area (Å²) < 4.78 is 45.6. The minimum atomic E-state index is -3.95. The molecule has 4 rings (SSSR count). The van der Waals surface area contributed by atoms with E-state index in [0.717, 1.165) is 17.7 Å². The number of para-hydroxylation sites is 1. The van der Waals surface area contributed by atoms with E-state index >= 15 is 0 Å². The number of nitrogens with one attached hydrogen (secondary N) is 2. The number of rotatable bonds is 7. The van der Waals surface area contributed by atoms with Crippen LogP contribution in [0.2, 0.25) is 0 Å². The molecule has 2 aliphatic rings. The predicted octanol–water partition coefficient (Wildman–Crippen LogP) is 2.27. The Labute approximate surface area is 188 Å². The summed E-state index contributed by atoms with van der Waals surface area (Å²) in [6.07, 6.45) is 1.24. The van der Waals surface area contributed by atoms with E-state index in [-0.39, 0.29) is 16.9 Å². The highest BCUT2D eigenvalue weighted by Crippen LogP contribution is 2.32. The highest BCUT2D eigenvalue weighted by Gasteiger charge is 2.30. The SMILES string of the molecule is CC(C)C(NS(=O)(=O)c1ccc2c(c1)OCCCO2)C(=O)NCC1Cc2ccccc2O1. The molecule has 2 unspecified atom stereocenters. The Morgan fingerprint density at radius 1 is 1.06 bits per heavy atom. The van der Waals surface area contributed by atoms with E-state index in [1.165, 1.54) is 12.1 Å². The van der Waals surface area contributed by atoms with Gasteiger partial charge in [0.1, 0.15) is 17.9 Å². The Morgan fingerprint density at radius 2 is 1.81 bits per heavy atom. The summed E-state index contributed by atoms with van der Waals surface area (Å²) in [6, 6.07) is 11.3. The third-order valence-corrected chi connectivity index (χ3v) is 6.92. The van der Waals surface area contributed by atoms with E-state index in [1.807, 2.05) is 24.3 Å². The Bertz CT molecular complexity index is 1060. The van der Waals surface area contributed by atoms with Gasteiger partial charge in [-0.1, -0.05) is 32.0 Å². The second-order valence-electron chi connectivity index (χ2n) is 8.30. The summed E-state index contributed by atoms with van der Waals surface area (Å²) >= 11 is 0. The largest absolute Gasteiger partial charge is 0.490 e. The average molecular weight is 461 g/mol. The molecule has 0 radical (unpaired) electrons. The van der Waals surface area contributed by atoms with E-state index in [2.05, 4.69) is 10.0 Å². The first kappa shape index (κ1) is 22.4. The average Bonchev–Trinajstić information content (AvgIpc) is 3.04. The third kappa shape index (κ3) is 4.99. The summed E-state index contributed by atoms with van der Waals surface area (Å²) in [5.74, 6) is 1.07. The van der Waals surface area contributed by atoms with Gasteiger partial charge in [0.15, 0.2) is 11.5 Å². The van der Waals surface area contributed by atoms with Crippen molar-refractivity contribution in [2.75, 3.05) is 19.8 Å². The number of carbonyl (C=O) groups excluding carboxylic acids is 1. The molecule has 0 fully saturated rings. The molecule has 0 spiro atoms. The van der Waals surface area contributed by atoms with Gasteiger partial charge in [-0.15, -0.1) is 0 Å². The minimum absolute atomic E-state index is 0.0229. The van der Waals surface area contributed by atoms with Crippen molar-refractivity contribution in [1.82, 2.24) is 10.0 Å². The number of sulfonamides is 1. The Balaban J connectivity index is 1.41. The zero-order valence-corrected chi connectivity index (χ0v) is 19.0. The Morgan fingerprint density at radius 3 is 2.56 bits per heavy atom. The molecule has 2 N–H and O–H groups in total. The highest BCUT2D eigenvalue weighted by molar-refractivity contribution is 7.89. The van der Waals surface area contributed by atoms with Crippen LogP contribution < -0.4 is 24.2 Å². The van der Waals surface area contributed by atoms with E-state index in [9.17, 15) is 13.2 Å². The van der Waals surface area contributed by atoms with Crippen molar-refractivity contribution in [3.05, 3.63) is 48.0 Å². The van der Waals surface area contributed by atoms with Crippen molar-refractivity contribution >= 4 is 15.9 Å². The van der Waals surface area contributed by atoms with Crippen LogP contribution in [0.15, 0.2) is 47.4 Å². The summed E-state index contributed by atoms with van der Waals surface area (Å²) in [5.41, 5.74) is 1.10. The van der Waals surface area contributed by atoms with Gasteiger partial charge in [-0.25, -0.2) is 8.42 Å². The second kappa shape index (κ2) is 9.38. The zero-order valence-electron chi connectivity index (χ0n) is 18.2. The van der Waals surface area contributed by atoms with Gasteiger partial charge < -0.3 is 19.5 Å². The maximum absolute atomic E-state index is 13.0. The first-order chi connectivity index (χ1) is 15.3. The molecule has 2 atom stereocenters. The van der Waals surface area contributed by atoms with E-state index < -0.39 is 22.0 Å². The van der Waals surface area contributed by atoms with Gasteiger partial charge in [0.05, 0.1) is 24.7 Å². The fraction of sp³-hybridized carbons (Fsp3) is 0.435. The number of ether oxygens (including phenoxy) is 3. The summed E-state index contributed by atoms with van der Waals surface area (Å²) in [4.78, 5) is 12.9. The molecule has 0 saturated heterocycles. The molecule has 8 nitrogen and oxygen atoms in total. The van der Waals surface area contributed by atoms with Crippen LogP contribution in [-0.4, -0.2) is 46.2 Å². The topological polar surface area (TPSA) is 103 Å². The standard InChI is InChI=1S/C23H28N2O6S/c1-15(2)22(23(26)24-14-17-12-16-6-3-4-7-19(16)31-17)25-32(27,28)18-8-9-20-21(13-18)30-11-5-10-29-20/h3-4,6-9,13,15,17,22,25H,5,10-12,14H2,1-2H3,(H,24,26). The van der Waals surface area contributed by atoms with Gasteiger partial charge >= 0.3 is 0 Å². The van der Waals surface area contributed by atoms with Gasteiger partial charge in [-0.3, -0.25) is 4.79 Å². The number of benzene rings is 2. The molecular weight excluding hydrogens is 432 g/mol. The van der Waals surface area contributed by atoms with Gasteiger partial charge in [-0.2, -0.15) is 4.72 Å². The zero-order chi connectivity index (χ0) is 22.7. The van der Waals surface area contributed by atoms with Crippen molar-refractivity contribution in [3.8, 4) is 17.2 Å². The lowest BCUT2D eigenvalue weighted by molar-refractivity contribution is -0.124. The van der Waals surface area contributed by atoms with Crippen molar-refractivity contribution in [3.63, 3.8) is 0 Å². The maximum Gasteiger partial charge on any atom is 0.241 e. The lowest BCUT2D eigenvalue weighted by atomic mass is 10.0. The van der Waals surface area contributed by atoms with Crippen LogP contribution in [0.5, 0.6) is 17.2 Å². The molecule has 2 aromatic rings. The molecule has 0 aromatic heterocycles. The molecule has 9 heteroatoms. The van der Waals surface area contributed by atoms with Gasteiger partial charge in [-0.05, 0) is 29.7 Å². The van der Waals surface area contributed by atoms with E-state index in [1.54, 1.807) is 19.9 Å². The van der Waals surface area contributed by atoms with E-state index in [0.29, 0.717) is 37.7 Å². The lowest BCUT2D eigenvalue weighted by Crippen LogP contribution is -2.51. The molecule has 2 aliphatic heterocycles. The number of carbonyl (C=O) groups is 1. The van der Waals surface area contributed by atoms with Crippen molar-refractivity contribution in [1.29, 1.82) is 0 Å². The first-order valence-corrected chi connectivity index (χ1v) is 12.3. The molecule has 0 aliphatic carbocycles. The molecule has 0 bridgehead atoms. The van der Waals surface area contributed by atoms with Crippen LogP contribution in [0.1, 0.15) is 25.8 Å². The lowest BCUT2D eigenvalue weighted by Gasteiger charge is -2.23. The quantitative estimate of drug-likeness (QED) is 0.657. The highest BCUT2D eigenvalue weighted by atomic mass is 32.2. The Hall–Kier alpha value is -2.78. The fourth-order valence-electron chi connectivity index (χ4n) is 3.73. The van der Waals surface area contributed by atoms with Gasteiger partial charge in [0.25, 0.3) is 0 Å². The fourth-order valence-corrected chi connectivity index (χ4v) is 5.09. The monoisotopic (exact) mass is 460 g/mol. The smallest absolute Gasteiger partial charge is 0.241 e. The Kier molecular flexibility index (Phi) is 6.57. The second-order valence-corrected chi connectivity index (χ2v) is 10.0. The van der Waals surface area contributed by atoms with Crippen molar-refractivity contribution < 1.29 is 27.4 Å². The predicted molar refractivity (Wildman–Crippen MR) is 119 cm³/mol. The minimum Gasteiger partial charge on any atom is -0.490 e. The summed E-state index contributed by atoms with van der Waals surface area (Å²) in [7, 11) is -3.95. The number of fused-ring (bicyclic) bond motifs is 2. The molecular formula is C23H28N2O6S.